The smallest absolute Gasteiger partial charge is 0.209 e. The lowest BCUT2D eigenvalue weighted by Crippen LogP contribution is -2.12. The number of thiophene rings is 1. The minimum Gasteiger partial charge on any atom is -0.507 e. The molecule has 2 aromatic heterocycles. The van der Waals surface area contributed by atoms with Crippen LogP contribution in [0.2, 0.25) is 0 Å². The average molecular weight is 397 g/mol. The van der Waals surface area contributed by atoms with E-state index >= 15 is 0 Å². The van der Waals surface area contributed by atoms with E-state index in [-0.39, 0.29) is 16.9 Å². The van der Waals surface area contributed by atoms with E-state index in [1.54, 1.807) is 30.6 Å². The lowest BCUT2D eigenvalue weighted by atomic mass is 9.84. The normalized spacial score (nSPS) is 12.3. The van der Waals surface area contributed by atoms with Gasteiger partial charge in [-0.2, -0.15) is 0 Å². The first-order chi connectivity index (χ1) is 12.8. The van der Waals surface area contributed by atoms with E-state index in [0.717, 1.165) is 11.1 Å². The van der Waals surface area contributed by atoms with E-state index in [4.69, 9.17) is 0 Å². The number of carbonyl (C=O) groups excluding carboxylic acids is 1. The molecule has 4 nitrogen and oxygen atoms in total. The number of benzene rings is 1. The Morgan fingerprint density at radius 2 is 2.04 bits per heavy atom. The number of hydrogen-bond acceptors (Lipinski definition) is 6. The summed E-state index contributed by atoms with van der Waals surface area (Å²) >= 11 is 2.84. The highest BCUT2D eigenvalue weighted by Crippen LogP contribution is 2.34. The van der Waals surface area contributed by atoms with Crippen LogP contribution in [0.25, 0.3) is 6.08 Å². The van der Waals surface area contributed by atoms with E-state index in [2.05, 4.69) is 9.98 Å². The number of aromatic nitrogens is 1. The second kappa shape index (κ2) is 7.98. The number of hydrogen-bond donors (Lipinski definition) is 1. The van der Waals surface area contributed by atoms with Crippen LogP contribution < -0.4 is 0 Å². The summed E-state index contributed by atoms with van der Waals surface area (Å²) in [6, 6.07) is 7.40. The molecule has 0 bridgehead atoms. The first-order valence-corrected chi connectivity index (χ1v) is 10.2. The van der Waals surface area contributed by atoms with Gasteiger partial charge in [0.15, 0.2) is 5.78 Å². The van der Waals surface area contributed by atoms with Gasteiger partial charge in [0.05, 0.1) is 4.88 Å². The topological polar surface area (TPSA) is 62.5 Å². The van der Waals surface area contributed by atoms with Crippen LogP contribution in [0, 0.1) is 0 Å². The van der Waals surface area contributed by atoms with Crippen molar-refractivity contribution >= 4 is 45.9 Å². The lowest BCUT2D eigenvalue weighted by molar-refractivity contribution is 0.105. The van der Waals surface area contributed by atoms with Crippen LogP contribution in [0.5, 0.6) is 5.75 Å². The van der Waals surface area contributed by atoms with Crippen LogP contribution >= 0.6 is 22.7 Å². The van der Waals surface area contributed by atoms with Crippen molar-refractivity contribution in [2.45, 2.75) is 26.2 Å². The number of allylic oxidation sites excluding steroid dienone is 1. The van der Waals surface area contributed by atoms with Gasteiger partial charge in [-0.15, -0.1) is 22.7 Å². The largest absolute Gasteiger partial charge is 0.507 e. The summed E-state index contributed by atoms with van der Waals surface area (Å²) in [4.78, 5) is 21.4. The van der Waals surface area contributed by atoms with Crippen LogP contribution in [0.15, 0.2) is 52.3 Å². The van der Waals surface area contributed by atoms with Crippen molar-refractivity contribution in [3.05, 3.63) is 68.9 Å². The van der Waals surface area contributed by atoms with Gasteiger partial charge in [0.2, 0.25) is 5.13 Å². The number of phenolic OH excluding ortho intramolecular Hbond substituents is 1. The fraction of sp³-hybridized carbons (Fsp3) is 0.190. The van der Waals surface area contributed by atoms with Gasteiger partial charge in [0, 0.05) is 28.9 Å². The summed E-state index contributed by atoms with van der Waals surface area (Å²) in [7, 11) is 0. The van der Waals surface area contributed by atoms with Gasteiger partial charge < -0.3 is 5.11 Å². The maximum absolute atomic E-state index is 12.2. The summed E-state index contributed by atoms with van der Waals surface area (Å²) in [6.45, 7) is 6.11. The van der Waals surface area contributed by atoms with E-state index in [1.807, 2.05) is 49.7 Å². The molecule has 3 rings (SSSR count). The second-order valence-corrected chi connectivity index (χ2v) is 8.82. The SMILES string of the molecule is CC(C)(C)c1cc(/C=C/C(=O)c2cccs2)cc(C=Nc2nccs2)c1O. The van der Waals surface area contributed by atoms with Crippen molar-refractivity contribution in [2.75, 3.05) is 0 Å². The first kappa shape index (κ1) is 19.2. The van der Waals surface area contributed by atoms with Gasteiger partial charge in [-0.1, -0.05) is 32.9 Å². The third-order valence-corrected chi connectivity index (χ3v) is 5.46. The summed E-state index contributed by atoms with van der Waals surface area (Å²) in [5, 5.41) is 15.1. The molecule has 0 unspecified atom stereocenters. The molecule has 0 spiro atoms. The molecule has 0 fully saturated rings. The van der Waals surface area contributed by atoms with E-state index in [9.17, 15) is 9.90 Å². The molecule has 0 aliphatic rings. The van der Waals surface area contributed by atoms with Crippen LogP contribution in [-0.4, -0.2) is 22.1 Å². The van der Waals surface area contributed by atoms with Gasteiger partial charge in [-0.25, -0.2) is 9.98 Å². The van der Waals surface area contributed by atoms with Crippen molar-refractivity contribution in [3.8, 4) is 5.75 Å². The molecule has 0 atom stereocenters. The Bertz CT molecular complexity index is 980. The van der Waals surface area contributed by atoms with Crippen LogP contribution in [0.1, 0.15) is 47.1 Å². The van der Waals surface area contributed by atoms with Gasteiger partial charge in [0.25, 0.3) is 0 Å². The van der Waals surface area contributed by atoms with E-state index in [0.29, 0.717) is 15.6 Å². The number of aromatic hydroxyl groups is 1. The molecule has 0 saturated carbocycles. The standard InChI is InChI=1S/C21H20N2O2S2/c1-21(2,3)16-12-14(6-7-17(24)18-5-4-9-26-18)11-15(19(16)25)13-23-20-22-8-10-27-20/h4-13,25H,1-3H3/b7-6+,23-13?. The molecule has 1 N–H and O–H groups in total. The molecule has 0 aliphatic carbocycles. The summed E-state index contributed by atoms with van der Waals surface area (Å²) in [5.41, 5.74) is 1.98. The molecule has 2 heterocycles. The monoisotopic (exact) mass is 396 g/mol. The number of ketones is 1. The molecule has 0 saturated heterocycles. The van der Waals surface area contributed by atoms with Crippen molar-refractivity contribution in [1.82, 2.24) is 4.98 Å². The first-order valence-electron chi connectivity index (χ1n) is 8.41. The summed E-state index contributed by atoms with van der Waals surface area (Å²) < 4.78 is 0. The van der Waals surface area contributed by atoms with Crippen LogP contribution in [0.3, 0.4) is 0 Å². The number of aliphatic imine (C=N–C) groups is 1. The highest BCUT2D eigenvalue weighted by atomic mass is 32.1. The minimum absolute atomic E-state index is 0.0339. The number of carbonyl (C=O) groups is 1. The number of rotatable bonds is 5. The highest BCUT2D eigenvalue weighted by molar-refractivity contribution is 7.13. The Kier molecular flexibility index (Phi) is 5.68. The molecule has 6 heteroatoms. The quantitative estimate of drug-likeness (QED) is 0.334. The Morgan fingerprint density at radius 3 is 2.67 bits per heavy atom. The van der Waals surface area contributed by atoms with Gasteiger partial charge in [-0.3, -0.25) is 4.79 Å². The minimum atomic E-state index is -0.254. The fourth-order valence-electron chi connectivity index (χ4n) is 2.52. The number of phenols is 1. The predicted octanol–water partition coefficient (Wildman–Crippen LogP) is 5.85. The van der Waals surface area contributed by atoms with Crippen molar-refractivity contribution in [2.24, 2.45) is 4.99 Å². The second-order valence-electron chi connectivity index (χ2n) is 7.00. The number of nitrogens with zero attached hydrogens (tertiary/aromatic N) is 2. The predicted molar refractivity (Wildman–Crippen MR) is 114 cm³/mol. The van der Waals surface area contributed by atoms with Crippen molar-refractivity contribution in [1.29, 1.82) is 0 Å². The summed E-state index contributed by atoms with van der Waals surface area (Å²) in [5.74, 6) is 0.165. The molecular formula is C21H20N2O2S2. The van der Waals surface area contributed by atoms with Gasteiger partial charge in [0.1, 0.15) is 5.75 Å². The Labute approximate surface area is 166 Å². The van der Waals surface area contributed by atoms with Crippen molar-refractivity contribution in [3.63, 3.8) is 0 Å². The number of thiazole rings is 1. The summed E-state index contributed by atoms with van der Waals surface area (Å²) in [6.07, 6.45) is 6.64. The maximum Gasteiger partial charge on any atom is 0.209 e. The Hall–Kier alpha value is -2.57. The van der Waals surface area contributed by atoms with Crippen LogP contribution in [-0.2, 0) is 5.41 Å². The van der Waals surface area contributed by atoms with Crippen LogP contribution in [0.4, 0.5) is 5.13 Å². The van der Waals surface area contributed by atoms with E-state index < -0.39 is 0 Å². The molecule has 27 heavy (non-hydrogen) atoms. The fourth-order valence-corrected chi connectivity index (χ4v) is 3.65. The zero-order valence-corrected chi connectivity index (χ0v) is 17.0. The third kappa shape index (κ3) is 4.78. The Morgan fingerprint density at radius 1 is 1.22 bits per heavy atom. The van der Waals surface area contributed by atoms with Gasteiger partial charge in [-0.05, 0) is 40.6 Å². The average Bonchev–Trinajstić information content (AvgIpc) is 3.32. The maximum atomic E-state index is 12.2. The Balaban J connectivity index is 1.98. The zero-order valence-electron chi connectivity index (χ0n) is 15.3. The molecule has 1 aromatic carbocycles. The lowest BCUT2D eigenvalue weighted by Gasteiger charge is -2.22. The third-order valence-electron chi connectivity index (χ3n) is 3.89. The molecular weight excluding hydrogens is 376 g/mol. The van der Waals surface area contributed by atoms with E-state index in [1.165, 1.54) is 22.7 Å². The molecule has 138 valence electrons. The highest BCUT2D eigenvalue weighted by Gasteiger charge is 2.20. The molecule has 0 aliphatic heterocycles. The molecule has 3 aromatic rings. The molecule has 0 amide bonds. The van der Waals surface area contributed by atoms with Crippen molar-refractivity contribution < 1.29 is 9.90 Å². The van der Waals surface area contributed by atoms with Gasteiger partial charge >= 0.3 is 0 Å². The zero-order chi connectivity index (χ0) is 19.4. The molecule has 0 radical (unpaired) electrons.